The Morgan fingerprint density at radius 1 is 1.69 bits per heavy atom. The number of H-pyrrole nitrogens is 1. The fraction of sp³-hybridized carbons (Fsp3) is 0.200. The van der Waals surface area contributed by atoms with E-state index in [0.29, 0.717) is 5.56 Å². The Bertz CT molecular complexity index is 377. The first-order chi connectivity index (χ1) is 6.29. The molecule has 13 heavy (non-hydrogen) atoms. The number of hydrogen-bond donors (Lipinski definition) is 1. The van der Waals surface area contributed by atoms with Crippen molar-refractivity contribution in [1.29, 1.82) is 0 Å². The van der Waals surface area contributed by atoms with Crippen molar-refractivity contribution < 1.29 is 0 Å². The van der Waals surface area contributed by atoms with Gasteiger partial charge in [0.1, 0.15) is 0 Å². The van der Waals surface area contributed by atoms with Gasteiger partial charge in [-0.15, -0.1) is 0 Å². The van der Waals surface area contributed by atoms with Gasteiger partial charge in [0, 0.05) is 11.1 Å². The van der Waals surface area contributed by atoms with Gasteiger partial charge in [-0.05, 0) is 6.42 Å². The molecule has 0 atom stereocenters. The molecule has 0 unspecified atom stereocenters. The normalized spacial score (nSPS) is 10.5. The SMILES string of the molecule is C=Cc1c(/C=C\CC)cn[nH]c1=O. The molecule has 0 aliphatic rings. The summed E-state index contributed by atoms with van der Waals surface area (Å²) in [6, 6.07) is 0. The molecule has 0 amide bonds. The van der Waals surface area contributed by atoms with Crippen LogP contribution in [0.15, 0.2) is 23.6 Å². The summed E-state index contributed by atoms with van der Waals surface area (Å²) in [5, 5.41) is 6.07. The van der Waals surface area contributed by atoms with E-state index in [1.807, 2.05) is 19.1 Å². The minimum absolute atomic E-state index is 0.201. The summed E-state index contributed by atoms with van der Waals surface area (Å²) < 4.78 is 0. The van der Waals surface area contributed by atoms with Crippen LogP contribution in [0.4, 0.5) is 0 Å². The molecule has 0 saturated heterocycles. The van der Waals surface area contributed by atoms with Crippen LogP contribution in [0.25, 0.3) is 12.2 Å². The van der Waals surface area contributed by atoms with Crippen molar-refractivity contribution in [1.82, 2.24) is 10.2 Å². The number of allylic oxidation sites excluding steroid dienone is 1. The Kier molecular flexibility index (Phi) is 3.20. The number of aromatic amines is 1. The summed E-state index contributed by atoms with van der Waals surface area (Å²) in [6.45, 7) is 5.61. The number of rotatable bonds is 3. The molecule has 68 valence electrons. The molecule has 0 saturated carbocycles. The average Bonchev–Trinajstić information content (AvgIpc) is 2.15. The lowest BCUT2D eigenvalue weighted by Gasteiger charge is -1.96. The lowest BCUT2D eigenvalue weighted by Crippen LogP contribution is -2.12. The maximum absolute atomic E-state index is 11.2. The summed E-state index contributed by atoms with van der Waals surface area (Å²) >= 11 is 0. The van der Waals surface area contributed by atoms with Crippen LogP contribution in [-0.4, -0.2) is 10.2 Å². The fourth-order valence-electron chi connectivity index (χ4n) is 1.01. The molecule has 1 aromatic heterocycles. The third-order valence-electron chi connectivity index (χ3n) is 1.66. The van der Waals surface area contributed by atoms with E-state index in [9.17, 15) is 4.79 Å². The molecule has 0 aromatic carbocycles. The van der Waals surface area contributed by atoms with Gasteiger partial charge >= 0.3 is 0 Å². The van der Waals surface area contributed by atoms with Crippen LogP contribution in [0.5, 0.6) is 0 Å². The highest BCUT2D eigenvalue weighted by Gasteiger charge is 1.99. The van der Waals surface area contributed by atoms with E-state index in [1.165, 1.54) is 6.08 Å². The topological polar surface area (TPSA) is 45.8 Å². The first kappa shape index (κ1) is 9.45. The van der Waals surface area contributed by atoms with E-state index < -0.39 is 0 Å². The Balaban J connectivity index is 3.20. The van der Waals surface area contributed by atoms with Crippen molar-refractivity contribution in [3.05, 3.63) is 40.3 Å². The Hall–Kier alpha value is -1.64. The molecule has 0 fully saturated rings. The number of nitrogens with zero attached hydrogens (tertiary/aromatic N) is 1. The van der Waals surface area contributed by atoms with E-state index >= 15 is 0 Å². The summed E-state index contributed by atoms with van der Waals surface area (Å²) in [5.74, 6) is 0. The van der Waals surface area contributed by atoms with Gasteiger partial charge < -0.3 is 0 Å². The molecule has 1 aromatic rings. The second-order valence-corrected chi connectivity index (χ2v) is 2.58. The zero-order valence-corrected chi connectivity index (χ0v) is 7.58. The zero-order valence-electron chi connectivity index (χ0n) is 7.58. The predicted molar refractivity (Wildman–Crippen MR) is 54.3 cm³/mol. The van der Waals surface area contributed by atoms with Gasteiger partial charge in [0.2, 0.25) is 0 Å². The second-order valence-electron chi connectivity index (χ2n) is 2.58. The zero-order chi connectivity index (χ0) is 9.68. The van der Waals surface area contributed by atoms with Gasteiger partial charge in [-0.1, -0.05) is 31.7 Å². The molecule has 0 spiro atoms. The maximum atomic E-state index is 11.2. The van der Waals surface area contributed by atoms with Crippen LogP contribution in [0.3, 0.4) is 0 Å². The van der Waals surface area contributed by atoms with Gasteiger partial charge in [-0.3, -0.25) is 4.79 Å². The molecule has 1 rings (SSSR count). The molecular formula is C10H12N2O. The third-order valence-corrected chi connectivity index (χ3v) is 1.66. The first-order valence-corrected chi connectivity index (χ1v) is 4.16. The van der Waals surface area contributed by atoms with Crippen LogP contribution >= 0.6 is 0 Å². The van der Waals surface area contributed by atoms with Gasteiger partial charge in [0.05, 0.1) is 6.20 Å². The molecular weight excluding hydrogens is 164 g/mol. The highest BCUT2D eigenvalue weighted by Crippen LogP contribution is 2.05. The van der Waals surface area contributed by atoms with Gasteiger partial charge in [-0.25, -0.2) is 5.10 Å². The van der Waals surface area contributed by atoms with Crippen molar-refractivity contribution in [2.75, 3.05) is 0 Å². The van der Waals surface area contributed by atoms with Crippen molar-refractivity contribution >= 4 is 12.2 Å². The standard InChI is InChI=1S/C10H12N2O/c1-3-5-6-8-7-11-12-10(13)9(8)4-2/h4-7H,2-3H2,1H3,(H,12,13)/b6-5-. The minimum Gasteiger partial charge on any atom is -0.267 e. The van der Waals surface area contributed by atoms with E-state index in [1.54, 1.807) is 6.20 Å². The molecule has 0 aliphatic carbocycles. The Labute approximate surface area is 76.8 Å². The van der Waals surface area contributed by atoms with Gasteiger partial charge in [0.15, 0.2) is 0 Å². The smallest absolute Gasteiger partial charge is 0.267 e. The summed E-state index contributed by atoms with van der Waals surface area (Å²) in [7, 11) is 0. The molecule has 0 radical (unpaired) electrons. The quantitative estimate of drug-likeness (QED) is 0.763. The van der Waals surface area contributed by atoms with E-state index in [-0.39, 0.29) is 5.56 Å². The molecule has 1 N–H and O–H groups in total. The predicted octanol–water partition coefficient (Wildman–Crippen LogP) is 1.84. The average molecular weight is 176 g/mol. The van der Waals surface area contributed by atoms with E-state index in [0.717, 1.165) is 12.0 Å². The first-order valence-electron chi connectivity index (χ1n) is 4.16. The molecule has 3 heteroatoms. The van der Waals surface area contributed by atoms with E-state index in [2.05, 4.69) is 16.8 Å². The van der Waals surface area contributed by atoms with Crippen LogP contribution in [-0.2, 0) is 0 Å². The number of hydrogen-bond acceptors (Lipinski definition) is 2. The van der Waals surface area contributed by atoms with Crippen molar-refractivity contribution in [3.8, 4) is 0 Å². The van der Waals surface area contributed by atoms with Crippen LogP contribution in [0, 0.1) is 0 Å². The van der Waals surface area contributed by atoms with Gasteiger partial charge in [-0.2, -0.15) is 5.10 Å². The van der Waals surface area contributed by atoms with Gasteiger partial charge in [0.25, 0.3) is 5.56 Å². The number of nitrogens with one attached hydrogen (secondary N) is 1. The second kappa shape index (κ2) is 4.40. The molecule has 1 heterocycles. The minimum atomic E-state index is -0.201. The largest absolute Gasteiger partial charge is 0.272 e. The number of aromatic nitrogens is 2. The van der Waals surface area contributed by atoms with Crippen molar-refractivity contribution in [2.45, 2.75) is 13.3 Å². The molecule has 0 bridgehead atoms. The van der Waals surface area contributed by atoms with Crippen molar-refractivity contribution in [3.63, 3.8) is 0 Å². The monoisotopic (exact) mass is 176 g/mol. The van der Waals surface area contributed by atoms with E-state index in [4.69, 9.17) is 0 Å². The lowest BCUT2D eigenvalue weighted by molar-refractivity contribution is 0.979. The van der Waals surface area contributed by atoms with Crippen LogP contribution < -0.4 is 5.56 Å². The molecule has 3 nitrogen and oxygen atoms in total. The van der Waals surface area contributed by atoms with Crippen LogP contribution in [0.1, 0.15) is 24.5 Å². The highest BCUT2D eigenvalue weighted by atomic mass is 16.1. The summed E-state index contributed by atoms with van der Waals surface area (Å²) in [5.41, 5.74) is 1.17. The summed E-state index contributed by atoms with van der Waals surface area (Å²) in [6.07, 6.45) is 7.94. The maximum Gasteiger partial charge on any atom is 0.272 e. The third kappa shape index (κ3) is 2.15. The molecule has 0 aliphatic heterocycles. The van der Waals surface area contributed by atoms with Crippen molar-refractivity contribution in [2.24, 2.45) is 0 Å². The van der Waals surface area contributed by atoms with Crippen LogP contribution in [0.2, 0.25) is 0 Å². The summed E-state index contributed by atoms with van der Waals surface area (Å²) in [4.78, 5) is 11.2. The Morgan fingerprint density at radius 3 is 3.08 bits per heavy atom. The highest BCUT2D eigenvalue weighted by molar-refractivity contribution is 5.62. The fourth-order valence-corrected chi connectivity index (χ4v) is 1.01. The Morgan fingerprint density at radius 2 is 2.46 bits per heavy atom. The lowest BCUT2D eigenvalue weighted by atomic mass is 10.1.